The lowest BCUT2D eigenvalue weighted by molar-refractivity contribution is 0.0987. The molecule has 0 spiro atoms. The van der Waals surface area contributed by atoms with E-state index in [0.29, 0.717) is 5.92 Å². The highest BCUT2D eigenvalue weighted by Crippen LogP contribution is 2.48. The van der Waals surface area contributed by atoms with E-state index in [-0.39, 0.29) is 5.41 Å². The summed E-state index contributed by atoms with van der Waals surface area (Å²) in [7, 11) is 5.72. The van der Waals surface area contributed by atoms with Gasteiger partial charge in [0.05, 0.1) is 14.2 Å². The summed E-state index contributed by atoms with van der Waals surface area (Å²) in [4.78, 5) is 7.62. The Labute approximate surface area is 172 Å². The molecule has 1 saturated heterocycles. The number of fused-ring (bicyclic) bond motifs is 3. The van der Waals surface area contributed by atoms with Crippen LogP contribution in [0.2, 0.25) is 0 Å². The first kappa shape index (κ1) is 18.4. The van der Waals surface area contributed by atoms with E-state index in [1.54, 1.807) is 14.2 Å². The van der Waals surface area contributed by atoms with Gasteiger partial charge in [-0.3, -0.25) is 0 Å². The molecule has 0 bridgehead atoms. The maximum atomic E-state index is 5.59. The second-order valence-corrected chi connectivity index (χ2v) is 8.60. The Morgan fingerprint density at radius 3 is 2.76 bits per heavy atom. The Morgan fingerprint density at radius 2 is 1.93 bits per heavy atom. The molecule has 1 aliphatic carbocycles. The standard InChI is InChI=1S/C25H28N2O2/c1-27-11-10-25(19-7-5-8-21(14-19)28-2)15-22-18(13-20(25)16-27)12-17-6-4-9-23(29-3)24(17)26-22/h4-9,12,14,20H,10-11,13,15-16H2,1-3H3/t20-,25-/m0/s1. The van der Waals surface area contributed by atoms with E-state index in [1.807, 2.05) is 18.2 Å². The number of aromatic nitrogens is 1. The summed E-state index contributed by atoms with van der Waals surface area (Å²) < 4.78 is 11.2. The number of rotatable bonds is 3. The molecule has 0 saturated carbocycles. The van der Waals surface area contributed by atoms with Gasteiger partial charge in [0.2, 0.25) is 0 Å². The summed E-state index contributed by atoms with van der Waals surface area (Å²) in [5, 5.41) is 1.17. The molecular weight excluding hydrogens is 360 g/mol. The maximum Gasteiger partial charge on any atom is 0.145 e. The van der Waals surface area contributed by atoms with Crippen molar-refractivity contribution in [3.8, 4) is 11.5 Å². The van der Waals surface area contributed by atoms with Gasteiger partial charge >= 0.3 is 0 Å². The number of piperidine rings is 1. The number of methoxy groups -OCH3 is 2. The van der Waals surface area contributed by atoms with Crippen LogP contribution in [0.15, 0.2) is 48.5 Å². The number of hydrogen-bond donors (Lipinski definition) is 0. The highest BCUT2D eigenvalue weighted by Gasteiger charge is 2.47. The van der Waals surface area contributed by atoms with Crippen molar-refractivity contribution in [2.24, 2.45) is 5.92 Å². The number of nitrogens with zero attached hydrogens (tertiary/aromatic N) is 2. The van der Waals surface area contributed by atoms with Gasteiger partial charge in [0.15, 0.2) is 0 Å². The fraction of sp³-hybridized carbons (Fsp3) is 0.400. The molecule has 2 aliphatic rings. The lowest BCUT2D eigenvalue weighted by atomic mass is 9.58. The minimum Gasteiger partial charge on any atom is -0.497 e. The van der Waals surface area contributed by atoms with Crippen LogP contribution in [0.4, 0.5) is 0 Å². The van der Waals surface area contributed by atoms with Gasteiger partial charge in [0.25, 0.3) is 0 Å². The van der Waals surface area contributed by atoms with Gasteiger partial charge < -0.3 is 14.4 Å². The fourth-order valence-electron chi connectivity index (χ4n) is 5.46. The monoisotopic (exact) mass is 388 g/mol. The van der Waals surface area contributed by atoms with E-state index in [4.69, 9.17) is 14.5 Å². The largest absolute Gasteiger partial charge is 0.497 e. The molecule has 2 atom stereocenters. The van der Waals surface area contributed by atoms with Gasteiger partial charge in [-0.05, 0) is 67.7 Å². The van der Waals surface area contributed by atoms with E-state index in [0.717, 1.165) is 49.4 Å². The first-order valence-corrected chi connectivity index (χ1v) is 10.4. The van der Waals surface area contributed by atoms with Gasteiger partial charge in [-0.2, -0.15) is 0 Å². The Balaban J connectivity index is 1.66. The number of para-hydroxylation sites is 1. The predicted octanol–water partition coefficient (Wildman–Crippen LogP) is 4.24. The molecule has 2 aromatic carbocycles. The third-order valence-electron chi connectivity index (χ3n) is 7.04. The first-order chi connectivity index (χ1) is 14.1. The van der Waals surface area contributed by atoms with E-state index >= 15 is 0 Å². The molecule has 0 unspecified atom stereocenters. The Morgan fingerprint density at radius 1 is 1.07 bits per heavy atom. The zero-order valence-electron chi connectivity index (χ0n) is 17.4. The van der Waals surface area contributed by atoms with Gasteiger partial charge in [-0.1, -0.05) is 24.3 Å². The number of pyridine rings is 1. The normalized spacial score (nSPS) is 24.0. The van der Waals surface area contributed by atoms with Crippen LogP contribution in [0.1, 0.15) is 23.2 Å². The van der Waals surface area contributed by atoms with Crippen LogP contribution in [-0.2, 0) is 18.3 Å². The van der Waals surface area contributed by atoms with E-state index in [9.17, 15) is 0 Å². The van der Waals surface area contributed by atoms with Crippen LogP contribution in [0.5, 0.6) is 11.5 Å². The summed E-state index contributed by atoms with van der Waals surface area (Å²) in [6, 6.07) is 17.2. The van der Waals surface area contributed by atoms with Crippen molar-refractivity contribution in [1.29, 1.82) is 0 Å². The van der Waals surface area contributed by atoms with Crippen LogP contribution in [0, 0.1) is 5.92 Å². The average Bonchev–Trinajstić information content (AvgIpc) is 2.76. The van der Waals surface area contributed by atoms with E-state index in [2.05, 4.69) is 42.3 Å². The molecule has 1 aromatic heterocycles. The molecule has 29 heavy (non-hydrogen) atoms. The van der Waals surface area contributed by atoms with Crippen molar-refractivity contribution in [2.75, 3.05) is 34.4 Å². The fourth-order valence-corrected chi connectivity index (χ4v) is 5.46. The summed E-state index contributed by atoms with van der Waals surface area (Å²) in [6.45, 7) is 2.23. The van der Waals surface area contributed by atoms with Crippen molar-refractivity contribution >= 4 is 10.9 Å². The number of benzene rings is 2. The Kier molecular flexibility index (Phi) is 4.47. The van der Waals surface area contributed by atoms with Crippen LogP contribution >= 0.6 is 0 Å². The minimum atomic E-state index is 0.108. The first-order valence-electron chi connectivity index (χ1n) is 10.4. The summed E-state index contributed by atoms with van der Waals surface area (Å²) >= 11 is 0. The van der Waals surface area contributed by atoms with Crippen molar-refractivity contribution in [3.05, 3.63) is 65.4 Å². The third kappa shape index (κ3) is 2.98. The number of likely N-dealkylation sites (tertiary alicyclic amines) is 1. The Bertz CT molecular complexity index is 1060. The van der Waals surface area contributed by atoms with Crippen molar-refractivity contribution in [2.45, 2.75) is 24.7 Å². The summed E-state index contributed by atoms with van der Waals surface area (Å²) in [5.41, 5.74) is 5.09. The quantitative estimate of drug-likeness (QED) is 0.672. The highest BCUT2D eigenvalue weighted by atomic mass is 16.5. The van der Waals surface area contributed by atoms with E-state index < -0.39 is 0 Å². The van der Waals surface area contributed by atoms with Crippen molar-refractivity contribution in [1.82, 2.24) is 9.88 Å². The molecular formula is C25H28N2O2. The van der Waals surface area contributed by atoms with Crippen molar-refractivity contribution in [3.63, 3.8) is 0 Å². The second kappa shape index (κ2) is 7.03. The lowest BCUT2D eigenvalue weighted by Crippen LogP contribution is -2.53. The second-order valence-electron chi connectivity index (χ2n) is 8.60. The van der Waals surface area contributed by atoms with Crippen LogP contribution in [0.3, 0.4) is 0 Å². The van der Waals surface area contributed by atoms with Gasteiger partial charge in [-0.25, -0.2) is 4.98 Å². The van der Waals surface area contributed by atoms with Gasteiger partial charge in [0.1, 0.15) is 17.0 Å². The lowest BCUT2D eigenvalue weighted by Gasteiger charge is -2.50. The highest BCUT2D eigenvalue weighted by molar-refractivity contribution is 5.85. The molecule has 1 aliphatic heterocycles. The molecule has 0 amide bonds. The zero-order valence-corrected chi connectivity index (χ0v) is 17.4. The molecule has 4 heteroatoms. The van der Waals surface area contributed by atoms with E-state index in [1.165, 1.54) is 22.2 Å². The van der Waals surface area contributed by atoms with Gasteiger partial charge in [0, 0.05) is 29.5 Å². The average molecular weight is 389 g/mol. The molecule has 0 radical (unpaired) electrons. The molecule has 3 aromatic rings. The molecule has 5 rings (SSSR count). The van der Waals surface area contributed by atoms with Crippen LogP contribution < -0.4 is 9.47 Å². The van der Waals surface area contributed by atoms with Crippen LogP contribution in [0.25, 0.3) is 10.9 Å². The Hall–Kier alpha value is -2.59. The molecule has 150 valence electrons. The minimum absolute atomic E-state index is 0.108. The third-order valence-corrected chi connectivity index (χ3v) is 7.04. The summed E-state index contributed by atoms with van der Waals surface area (Å²) in [6.07, 6.45) is 3.19. The maximum absolute atomic E-state index is 5.59. The summed E-state index contributed by atoms with van der Waals surface area (Å²) in [5.74, 6) is 2.37. The topological polar surface area (TPSA) is 34.6 Å². The van der Waals surface area contributed by atoms with Gasteiger partial charge in [-0.15, -0.1) is 0 Å². The van der Waals surface area contributed by atoms with Crippen molar-refractivity contribution < 1.29 is 9.47 Å². The number of hydrogen-bond acceptors (Lipinski definition) is 4. The van der Waals surface area contributed by atoms with Crippen LogP contribution in [-0.4, -0.2) is 44.2 Å². The molecule has 2 heterocycles. The zero-order chi connectivity index (χ0) is 20.0. The number of ether oxygens (including phenoxy) is 2. The SMILES string of the molecule is COc1cccc([C@@]23CCN(C)C[C@@H]2Cc2cc4cccc(OC)c4nc2C3)c1. The smallest absolute Gasteiger partial charge is 0.145 e. The molecule has 1 fully saturated rings. The predicted molar refractivity (Wildman–Crippen MR) is 116 cm³/mol. The molecule has 4 nitrogen and oxygen atoms in total. The molecule has 0 N–H and O–H groups in total.